The van der Waals surface area contributed by atoms with Gasteiger partial charge in [0.05, 0.1) is 12.7 Å². The van der Waals surface area contributed by atoms with Gasteiger partial charge < -0.3 is 15.2 Å². The van der Waals surface area contributed by atoms with E-state index in [0.29, 0.717) is 29.9 Å². The Morgan fingerprint density at radius 1 is 1.10 bits per heavy atom. The van der Waals surface area contributed by atoms with Crippen LogP contribution in [0.2, 0.25) is 0 Å². The average Bonchev–Trinajstić information content (AvgIpc) is 2.76. The second-order valence-electron chi connectivity index (χ2n) is 7.44. The molecule has 1 fully saturated rings. The fraction of sp³-hybridized carbons (Fsp3) is 1.00. The first-order chi connectivity index (χ1) is 9.34. The third-order valence-electron chi connectivity index (χ3n) is 5.50. The van der Waals surface area contributed by atoms with Crippen LogP contribution in [0.15, 0.2) is 0 Å². The molecule has 0 radical (unpaired) electrons. The van der Waals surface area contributed by atoms with Crippen LogP contribution in [0.25, 0.3) is 0 Å². The summed E-state index contributed by atoms with van der Waals surface area (Å²) in [7, 11) is 0. The third-order valence-corrected chi connectivity index (χ3v) is 5.50. The maximum Gasteiger partial charge on any atom is 0.0897 e. The monoisotopic (exact) mass is 285 g/mol. The van der Waals surface area contributed by atoms with Gasteiger partial charge in [-0.05, 0) is 29.7 Å². The van der Waals surface area contributed by atoms with Crippen LogP contribution in [0.1, 0.15) is 60.3 Å². The highest BCUT2D eigenvalue weighted by Gasteiger charge is 2.63. The van der Waals surface area contributed by atoms with Crippen molar-refractivity contribution in [3.63, 3.8) is 0 Å². The Morgan fingerprint density at radius 2 is 1.75 bits per heavy atom. The highest BCUT2D eigenvalue weighted by molar-refractivity contribution is 5.12. The summed E-state index contributed by atoms with van der Waals surface area (Å²) in [6.45, 7) is 14.4. The Morgan fingerprint density at radius 3 is 2.30 bits per heavy atom. The SMILES string of the molecule is CCCCCCOCC(O)CNCC1C(C)(C)C1(C)C. The largest absolute Gasteiger partial charge is 0.389 e. The smallest absolute Gasteiger partial charge is 0.0897 e. The van der Waals surface area contributed by atoms with Crippen LogP contribution in [0, 0.1) is 16.7 Å². The highest BCUT2D eigenvalue weighted by atomic mass is 16.5. The molecule has 0 bridgehead atoms. The van der Waals surface area contributed by atoms with Gasteiger partial charge in [-0.1, -0.05) is 53.9 Å². The number of hydrogen-bond donors (Lipinski definition) is 2. The van der Waals surface area contributed by atoms with Crippen molar-refractivity contribution in [3.8, 4) is 0 Å². The fourth-order valence-corrected chi connectivity index (χ4v) is 3.15. The van der Waals surface area contributed by atoms with Gasteiger partial charge in [0.1, 0.15) is 0 Å². The van der Waals surface area contributed by atoms with Crippen LogP contribution in [-0.4, -0.2) is 37.5 Å². The van der Waals surface area contributed by atoms with Crippen molar-refractivity contribution in [3.05, 3.63) is 0 Å². The van der Waals surface area contributed by atoms with Crippen LogP contribution in [0.3, 0.4) is 0 Å². The highest BCUT2D eigenvalue weighted by Crippen LogP contribution is 2.67. The van der Waals surface area contributed by atoms with E-state index in [1.165, 1.54) is 19.3 Å². The van der Waals surface area contributed by atoms with Crippen LogP contribution in [0.4, 0.5) is 0 Å². The lowest BCUT2D eigenvalue weighted by Crippen LogP contribution is -2.32. The van der Waals surface area contributed by atoms with Crippen molar-refractivity contribution in [1.82, 2.24) is 5.32 Å². The summed E-state index contributed by atoms with van der Waals surface area (Å²) in [4.78, 5) is 0. The molecule has 0 aromatic heterocycles. The zero-order valence-corrected chi connectivity index (χ0v) is 14.2. The Hall–Kier alpha value is -0.120. The van der Waals surface area contributed by atoms with Crippen molar-refractivity contribution < 1.29 is 9.84 Å². The van der Waals surface area contributed by atoms with E-state index in [2.05, 4.69) is 39.9 Å². The molecule has 1 aliphatic carbocycles. The normalized spacial score (nSPS) is 21.9. The number of unbranched alkanes of at least 4 members (excludes halogenated alkanes) is 3. The number of nitrogens with one attached hydrogen (secondary N) is 1. The van der Waals surface area contributed by atoms with Gasteiger partial charge in [0, 0.05) is 13.2 Å². The summed E-state index contributed by atoms with van der Waals surface area (Å²) in [6, 6.07) is 0. The summed E-state index contributed by atoms with van der Waals surface area (Å²) >= 11 is 0. The Kier molecular flexibility index (Phi) is 6.96. The molecule has 0 amide bonds. The van der Waals surface area contributed by atoms with E-state index < -0.39 is 0 Å². The summed E-state index contributed by atoms with van der Waals surface area (Å²) in [5.41, 5.74) is 0.835. The molecule has 0 aliphatic heterocycles. The minimum Gasteiger partial charge on any atom is -0.389 e. The second kappa shape index (κ2) is 7.77. The van der Waals surface area contributed by atoms with Gasteiger partial charge in [-0.3, -0.25) is 0 Å². The minimum absolute atomic E-state index is 0.383. The third kappa shape index (κ3) is 4.71. The van der Waals surface area contributed by atoms with Crippen LogP contribution < -0.4 is 5.32 Å². The van der Waals surface area contributed by atoms with Crippen molar-refractivity contribution in [2.24, 2.45) is 16.7 Å². The molecule has 0 heterocycles. The quantitative estimate of drug-likeness (QED) is 0.573. The van der Waals surface area contributed by atoms with Gasteiger partial charge in [-0.15, -0.1) is 0 Å². The van der Waals surface area contributed by atoms with E-state index in [9.17, 15) is 5.11 Å². The first-order valence-electron chi connectivity index (χ1n) is 8.30. The van der Waals surface area contributed by atoms with Crippen molar-refractivity contribution in [2.45, 2.75) is 66.4 Å². The lowest BCUT2D eigenvalue weighted by molar-refractivity contribution is 0.0353. The van der Waals surface area contributed by atoms with Gasteiger partial charge in [-0.25, -0.2) is 0 Å². The molecular weight excluding hydrogens is 250 g/mol. The van der Waals surface area contributed by atoms with Crippen LogP contribution in [0.5, 0.6) is 0 Å². The molecule has 1 saturated carbocycles. The molecule has 1 unspecified atom stereocenters. The van der Waals surface area contributed by atoms with Gasteiger partial charge in [-0.2, -0.15) is 0 Å². The van der Waals surface area contributed by atoms with Crippen LogP contribution >= 0.6 is 0 Å². The van der Waals surface area contributed by atoms with Crippen LogP contribution in [-0.2, 0) is 4.74 Å². The van der Waals surface area contributed by atoms with E-state index in [1.54, 1.807) is 0 Å². The Balaban J connectivity index is 1.97. The Labute approximate surface area is 125 Å². The first kappa shape index (κ1) is 17.9. The van der Waals surface area contributed by atoms with Gasteiger partial charge in [0.15, 0.2) is 0 Å². The summed E-state index contributed by atoms with van der Waals surface area (Å²) in [5.74, 6) is 0.706. The zero-order chi connectivity index (χ0) is 15.2. The Bertz CT molecular complexity index is 262. The predicted octanol–water partition coefficient (Wildman–Crippen LogP) is 3.22. The summed E-state index contributed by atoms with van der Waals surface area (Å²) < 4.78 is 5.51. The van der Waals surface area contributed by atoms with E-state index in [1.807, 2.05) is 0 Å². The number of aliphatic hydroxyl groups is 1. The van der Waals surface area contributed by atoms with Crippen molar-refractivity contribution in [1.29, 1.82) is 0 Å². The molecule has 0 spiro atoms. The standard InChI is InChI=1S/C17H35NO2/c1-6-7-8-9-10-20-13-14(19)11-18-12-15-16(2,3)17(15,4)5/h14-15,18-19H,6-13H2,1-5H3. The number of aliphatic hydroxyl groups excluding tert-OH is 1. The summed E-state index contributed by atoms with van der Waals surface area (Å²) in [5, 5.41) is 13.2. The van der Waals surface area contributed by atoms with Crippen molar-refractivity contribution >= 4 is 0 Å². The maximum atomic E-state index is 9.86. The van der Waals surface area contributed by atoms with Gasteiger partial charge >= 0.3 is 0 Å². The molecule has 0 aromatic carbocycles. The molecule has 1 rings (SSSR count). The van der Waals surface area contributed by atoms with Crippen molar-refractivity contribution in [2.75, 3.05) is 26.3 Å². The number of hydrogen-bond acceptors (Lipinski definition) is 3. The lowest BCUT2D eigenvalue weighted by atomic mass is 10.0. The molecule has 1 aliphatic rings. The molecule has 120 valence electrons. The molecule has 0 aromatic rings. The van der Waals surface area contributed by atoms with Gasteiger partial charge in [0.25, 0.3) is 0 Å². The van der Waals surface area contributed by atoms with E-state index in [-0.39, 0.29) is 6.10 Å². The molecule has 20 heavy (non-hydrogen) atoms. The zero-order valence-electron chi connectivity index (χ0n) is 14.2. The first-order valence-corrected chi connectivity index (χ1v) is 8.30. The number of rotatable bonds is 11. The van der Waals surface area contributed by atoms with E-state index >= 15 is 0 Å². The van der Waals surface area contributed by atoms with Gasteiger partial charge in [0.2, 0.25) is 0 Å². The molecule has 2 N–H and O–H groups in total. The molecule has 1 atom stereocenters. The lowest BCUT2D eigenvalue weighted by Gasteiger charge is -2.13. The molecular formula is C17H35NO2. The maximum absolute atomic E-state index is 9.86. The molecule has 0 saturated heterocycles. The fourth-order valence-electron chi connectivity index (χ4n) is 3.15. The summed E-state index contributed by atoms with van der Waals surface area (Å²) in [6.07, 6.45) is 4.49. The average molecular weight is 285 g/mol. The number of ether oxygens (including phenoxy) is 1. The second-order valence-corrected chi connectivity index (χ2v) is 7.44. The van der Waals surface area contributed by atoms with E-state index in [0.717, 1.165) is 19.6 Å². The predicted molar refractivity (Wildman–Crippen MR) is 84.9 cm³/mol. The topological polar surface area (TPSA) is 41.5 Å². The van der Waals surface area contributed by atoms with E-state index in [4.69, 9.17) is 4.74 Å². The minimum atomic E-state index is -0.383. The molecule has 3 heteroatoms. The molecule has 3 nitrogen and oxygen atoms in total.